The first-order valence-corrected chi connectivity index (χ1v) is 6.23. The fourth-order valence-corrected chi connectivity index (χ4v) is 1.94. The van der Waals surface area contributed by atoms with Crippen LogP contribution < -0.4 is 5.32 Å². The van der Waals surface area contributed by atoms with Crippen LogP contribution in [0.1, 0.15) is 19.8 Å². The van der Waals surface area contributed by atoms with Crippen molar-refractivity contribution in [3.05, 3.63) is 0 Å². The number of nitrogens with one attached hydrogen (secondary N) is 1. The topological polar surface area (TPSA) is 55.4 Å². The highest BCUT2D eigenvalue weighted by atomic mass is 32.2. The molecule has 86 valence electrons. The van der Waals surface area contributed by atoms with Gasteiger partial charge in [-0.25, -0.2) is 0 Å². The molecule has 1 saturated carbocycles. The van der Waals surface area contributed by atoms with Crippen molar-refractivity contribution in [3.63, 3.8) is 0 Å². The molecule has 2 atom stereocenters. The van der Waals surface area contributed by atoms with Gasteiger partial charge in [0.2, 0.25) is 5.91 Å². The van der Waals surface area contributed by atoms with Crippen molar-refractivity contribution in [2.75, 3.05) is 18.6 Å². The van der Waals surface area contributed by atoms with Crippen LogP contribution >= 0.6 is 11.8 Å². The Kier molecular flexibility index (Phi) is 4.94. The summed E-state index contributed by atoms with van der Waals surface area (Å²) in [5.74, 6) is 1.47. The Morgan fingerprint density at radius 1 is 1.53 bits per heavy atom. The molecular weight excluding hydrogens is 214 g/mol. The van der Waals surface area contributed by atoms with Gasteiger partial charge in [-0.2, -0.15) is 0 Å². The van der Waals surface area contributed by atoms with E-state index < -0.39 is 0 Å². The van der Waals surface area contributed by atoms with Gasteiger partial charge in [0, 0.05) is 18.2 Å². The molecule has 15 heavy (non-hydrogen) atoms. The van der Waals surface area contributed by atoms with Gasteiger partial charge in [0.25, 0.3) is 0 Å². The number of rotatable bonds is 6. The third-order valence-electron chi connectivity index (χ3n) is 2.38. The molecule has 1 amide bonds. The van der Waals surface area contributed by atoms with Gasteiger partial charge < -0.3 is 10.1 Å². The van der Waals surface area contributed by atoms with E-state index >= 15 is 0 Å². The lowest BCUT2D eigenvalue weighted by Crippen LogP contribution is -2.26. The maximum absolute atomic E-state index is 11.3. The van der Waals surface area contributed by atoms with Crippen LogP contribution in [0.2, 0.25) is 0 Å². The first-order valence-electron chi connectivity index (χ1n) is 5.07. The van der Waals surface area contributed by atoms with Crippen molar-refractivity contribution >= 4 is 23.6 Å². The second-order valence-corrected chi connectivity index (χ2v) is 4.87. The maximum Gasteiger partial charge on any atom is 0.315 e. The second kappa shape index (κ2) is 6.00. The zero-order valence-electron chi connectivity index (χ0n) is 9.12. The first kappa shape index (κ1) is 12.4. The van der Waals surface area contributed by atoms with Crippen molar-refractivity contribution in [2.24, 2.45) is 5.92 Å². The highest BCUT2D eigenvalue weighted by molar-refractivity contribution is 7.99. The van der Waals surface area contributed by atoms with E-state index in [2.05, 4.69) is 17.0 Å². The van der Waals surface area contributed by atoms with Gasteiger partial charge in [-0.05, 0) is 12.3 Å². The van der Waals surface area contributed by atoms with Crippen LogP contribution in [-0.2, 0) is 14.3 Å². The number of carbonyl (C=O) groups excluding carboxylic acids is 2. The summed E-state index contributed by atoms with van der Waals surface area (Å²) in [4.78, 5) is 22.1. The Hall–Kier alpha value is -0.710. The van der Waals surface area contributed by atoms with Gasteiger partial charge in [-0.15, -0.1) is 11.8 Å². The molecule has 0 bridgehead atoms. The van der Waals surface area contributed by atoms with Crippen molar-refractivity contribution in [1.82, 2.24) is 5.32 Å². The SMILES string of the molecule is COC(=O)CSCCC(=O)N[C@H]1C[C@H]1C. The highest BCUT2D eigenvalue weighted by Gasteiger charge is 2.33. The molecule has 1 aliphatic carbocycles. The van der Waals surface area contributed by atoms with Crippen LogP contribution in [0.4, 0.5) is 0 Å². The number of methoxy groups -OCH3 is 1. The van der Waals surface area contributed by atoms with E-state index in [1.807, 2.05) is 0 Å². The molecule has 1 N–H and O–H groups in total. The van der Waals surface area contributed by atoms with Crippen LogP contribution in [0, 0.1) is 5.92 Å². The summed E-state index contributed by atoms with van der Waals surface area (Å²) < 4.78 is 4.49. The fraction of sp³-hybridized carbons (Fsp3) is 0.800. The Bertz CT molecular complexity index is 245. The average Bonchev–Trinajstić information content (AvgIpc) is 2.88. The summed E-state index contributed by atoms with van der Waals surface area (Å²) in [6.45, 7) is 2.12. The van der Waals surface area contributed by atoms with E-state index in [-0.39, 0.29) is 11.9 Å². The van der Waals surface area contributed by atoms with E-state index in [1.165, 1.54) is 18.9 Å². The van der Waals surface area contributed by atoms with Crippen molar-refractivity contribution in [1.29, 1.82) is 0 Å². The molecule has 5 heteroatoms. The molecule has 0 aromatic rings. The number of thioether (sulfide) groups is 1. The second-order valence-electron chi connectivity index (χ2n) is 3.77. The largest absolute Gasteiger partial charge is 0.468 e. The monoisotopic (exact) mass is 231 g/mol. The highest BCUT2D eigenvalue weighted by Crippen LogP contribution is 2.28. The molecule has 0 unspecified atom stereocenters. The van der Waals surface area contributed by atoms with E-state index in [0.29, 0.717) is 29.9 Å². The van der Waals surface area contributed by atoms with Crippen molar-refractivity contribution in [3.8, 4) is 0 Å². The molecular formula is C10H17NO3S. The predicted octanol–water partition coefficient (Wildman–Crippen LogP) is 0.807. The van der Waals surface area contributed by atoms with Gasteiger partial charge in [0.1, 0.15) is 0 Å². The molecule has 0 aromatic heterocycles. The van der Waals surface area contributed by atoms with E-state index in [4.69, 9.17) is 0 Å². The minimum Gasteiger partial charge on any atom is -0.468 e. The summed E-state index contributed by atoms with van der Waals surface area (Å²) in [6, 6.07) is 0.392. The Balaban J connectivity index is 1.95. The van der Waals surface area contributed by atoms with Gasteiger partial charge in [-0.1, -0.05) is 6.92 Å². The molecule has 1 fully saturated rings. The van der Waals surface area contributed by atoms with Crippen LogP contribution in [0.25, 0.3) is 0 Å². The number of hydrogen-bond donors (Lipinski definition) is 1. The number of hydrogen-bond acceptors (Lipinski definition) is 4. The molecule has 0 spiro atoms. The minimum absolute atomic E-state index is 0.0849. The third kappa shape index (κ3) is 5.06. The summed E-state index contributed by atoms with van der Waals surface area (Å²) in [7, 11) is 1.37. The van der Waals surface area contributed by atoms with Crippen LogP contribution in [0.5, 0.6) is 0 Å². The van der Waals surface area contributed by atoms with E-state index in [0.717, 1.165) is 6.42 Å². The number of esters is 1. The van der Waals surface area contributed by atoms with E-state index in [9.17, 15) is 9.59 Å². The Morgan fingerprint density at radius 3 is 2.73 bits per heavy atom. The molecule has 1 rings (SSSR count). The molecule has 0 aromatic carbocycles. The van der Waals surface area contributed by atoms with Crippen LogP contribution in [0.15, 0.2) is 0 Å². The van der Waals surface area contributed by atoms with Crippen LogP contribution in [0.3, 0.4) is 0 Å². The first-order chi connectivity index (χ1) is 7.13. The van der Waals surface area contributed by atoms with Crippen LogP contribution in [-0.4, -0.2) is 36.5 Å². The normalized spacial score (nSPS) is 23.3. The van der Waals surface area contributed by atoms with Gasteiger partial charge in [-0.3, -0.25) is 9.59 Å². The molecule has 0 aliphatic heterocycles. The van der Waals surface area contributed by atoms with Crippen molar-refractivity contribution in [2.45, 2.75) is 25.8 Å². The van der Waals surface area contributed by atoms with E-state index in [1.54, 1.807) is 0 Å². The lowest BCUT2D eigenvalue weighted by Gasteiger charge is -2.03. The molecule has 0 radical (unpaired) electrons. The summed E-state index contributed by atoms with van der Waals surface area (Å²) in [5.41, 5.74) is 0. The lowest BCUT2D eigenvalue weighted by molar-refractivity contribution is -0.137. The third-order valence-corrected chi connectivity index (χ3v) is 3.31. The number of carbonyl (C=O) groups is 2. The zero-order chi connectivity index (χ0) is 11.3. The summed E-state index contributed by atoms with van der Waals surface area (Å²) >= 11 is 1.43. The van der Waals surface area contributed by atoms with Crippen molar-refractivity contribution < 1.29 is 14.3 Å². The van der Waals surface area contributed by atoms with Gasteiger partial charge in [0.05, 0.1) is 12.9 Å². The average molecular weight is 231 g/mol. The quantitative estimate of drug-likeness (QED) is 0.543. The zero-order valence-corrected chi connectivity index (χ0v) is 9.93. The van der Waals surface area contributed by atoms with Gasteiger partial charge in [0.15, 0.2) is 0 Å². The molecule has 0 saturated heterocycles. The standard InChI is InChI=1S/C10H17NO3S/c1-7-5-8(7)11-9(12)3-4-15-6-10(13)14-2/h7-8H,3-6H2,1-2H3,(H,11,12)/t7-,8+/m1/s1. The predicted molar refractivity (Wildman–Crippen MR) is 59.7 cm³/mol. The smallest absolute Gasteiger partial charge is 0.315 e. The molecule has 4 nitrogen and oxygen atoms in total. The number of amides is 1. The minimum atomic E-state index is -0.240. The maximum atomic E-state index is 11.3. The molecule has 1 aliphatic rings. The summed E-state index contributed by atoms with van der Waals surface area (Å²) in [5, 5.41) is 2.94. The molecule has 0 heterocycles. The fourth-order valence-electron chi connectivity index (χ4n) is 1.18. The Labute approximate surface area is 94.1 Å². The van der Waals surface area contributed by atoms with Gasteiger partial charge >= 0.3 is 5.97 Å². The Morgan fingerprint density at radius 2 is 2.20 bits per heavy atom. The lowest BCUT2D eigenvalue weighted by atomic mass is 10.4. The number of ether oxygens (including phenoxy) is 1. The summed E-state index contributed by atoms with van der Waals surface area (Å²) in [6.07, 6.45) is 1.58.